The van der Waals surface area contributed by atoms with E-state index in [4.69, 9.17) is 4.99 Å². The molecule has 0 aliphatic carbocycles. The Balaban J connectivity index is 0.00000210. The summed E-state index contributed by atoms with van der Waals surface area (Å²) in [4.78, 5) is 21.1. The van der Waals surface area contributed by atoms with Crippen molar-refractivity contribution in [3.63, 3.8) is 0 Å². The standard InChI is InChI=1S/C25H30F3N3O2.C2H6/c1-6-20-9-12-22(18(4)19-7-10-21(11-8-19)33-25(26,27)28)23(30(20)5)29-17(3)15-31-14-13-16(2)24(31)32;1-2/h6-8,10-11,17,20H,1-2,9,12-15H2,3-5H3;1-2H3/b22-18+,29-23?;. The smallest absolute Gasteiger partial charge is 0.406 e. The largest absolute Gasteiger partial charge is 0.573 e. The van der Waals surface area contributed by atoms with Crippen LogP contribution in [0.3, 0.4) is 0 Å². The molecule has 0 saturated carbocycles. The van der Waals surface area contributed by atoms with E-state index in [9.17, 15) is 18.0 Å². The van der Waals surface area contributed by atoms with Gasteiger partial charge in [0.05, 0.1) is 6.04 Å². The third-order valence-corrected chi connectivity index (χ3v) is 6.14. The molecule has 5 nitrogen and oxygen atoms in total. The van der Waals surface area contributed by atoms with Crippen LogP contribution >= 0.6 is 0 Å². The molecule has 0 bridgehead atoms. The van der Waals surface area contributed by atoms with Crippen LogP contribution in [0.25, 0.3) is 5.57 Å². The molecular weight excluding hydrogens is 455 g/mol. The second-order valence-electron chi connectivity index (χ2n) is 8.53. The first-order valence-corrected chi connectivity index (χ1v) is 12.0. The van der Waals surface area contributed by atoms with Gasteiger partial charge in [-0.25, -0.2) is 0 Å². The Morgan fingerprint density at radius 3 is 2.40 bits per heavy atom. The van der Waals surface area contributed by atoms with Crippen molar-refractivity contribution in [1.82, 2.24) is 9.80 Å². The normalized spacial score (nSPS) is 22.1. The number of alkyl halides is 3. The van der Waals surface area contributed by atoms with Gasteiger partial charge in [0.25, 0.3) is 0 Å². The average Bonchev–Trinajstić information content (AvgIpc) is 3.12. The number of likely N-dealkylation sites (tertiary alicyclic amines) is 2. The van der Waals surface area contributed by atoms with Crippen LogP contribution in [0, 0.1) is 0 Å². The lowest BCUT2D eigenvalue weighted by atomic mass is 9.90. The van der Waals surface area contributed by atoms with Crippen molar-refractivity contribution in [2.75, 3.05) is 20.1 Å². The highest BCUT2D eigenvalue weighted by Gasteiger charge is 2.31. The number of hydrogen-bond donors (Lipinski definition) is 0. The molecule has 0 radical (unpaired) electrons. The van der Waals surface area contributed by atoms with Crippen LogP contribution in [0.15, 0.2) is 59.6 Å². The summed E-state index contributed by atoms with van der Waals surface area (Å²) in [6.07, 6.45) is -0.527. The number of benzene rings is 1. The summed E-state index contributed by atoms with van der Waals surface area (Å²) in [5, 5.41) is 0. The van der Waals surface area contributed by atoms with Crippen LogP contribution in [0.5, 0.6) is 5.75 Å². The van der Waals surface area contributed by atoms with E-state index in [1.54, 1.807) is 17.0 Å². The monoisotopic (exact) mass is 491 g/mol. The molecule has 1 aromatic rings. The molecule has 2 aliphatic heterocycles. The van der Waals surface area contributed by atoms with Gasteiger partial charge < -0.3 is 14.5 Å². The number of halogens is 3. The molecule has 192 valence electrons. The first-order valence-electron chi connectivity index (χ1n) is 12.0. The SMILES string of the molecule is C=CC1CC/C(=C(/C)c2ccc(OC(F)(F)F)cc2)C(=NC(C)CN2CCC(=C)C2=O)N1C.CC. The number of rotatable bonds is 6. The summed E-state index contributed by atoms with van der Waals surface area (Å²) in [7, 11) is 1.97. The molecule has 0 aromatic heterocycles. The van der Waals surface area contributed by atoms with Crippen LogP contribution in [0.4, 0.5) is 13.2 Å². The molecule has 35 heavy (non-hydrogen) atoms. The third-order valence-electron chi connectivity index (χ3n) is 6.14. The van der Waals surface area contributed by atoms with Crippen molar-refractivity contribution in [2.24, 2.45) is 4.99 Å². The summed E-state index contributed by atoms with van der Waals surface area (Å²) in [6.45, 7) is 16.8. The van der Waals surface area contributed by atoms with Crippen molar-refractivity contribution in [3.05, 3.63) is 60.2 Å². The van der Waals surface area contributed by atoms with E-state index < -0.39 is 6.36 Å². The summed E-state index contributed by atoms with van der Waals surface area (Å²) in [6, 6.07) is 5.88. The van der Waals surface area contributed by atoms with E-state index in [0.717, 1.165) is 35.4 Å². The minimum atomic E-state index is -4.72. The molecule has 8 heteroatoms. The summed E-state index contributed by atoms with van der Waals surface area (Å²) in [5.41, 5.74) is 3.41. The van der Waals surface area contributed by atoms with Gasteiger partial charge in [-0.1, -0.05) is 38.6 Å². The zero-order valence-electron chi connectivity index (χ0n) is 21.3. The van der Waals surface area contributed by atoms with Gasteiger partial charge in [0, 0.05) is 31.8 Å². The van der Waals surface area contributed by atoms with Crippen LogP contribution in [0.1, 0.15) is 52.5 Å². The van der Waals surface area contributed by atoms with E-state index in [-0.39, 0.29) is 23.7 Å². The van der Waals surface area contributed by atoms with Gasteiger partial charge in [-0.05, 0) is 62.0 Å². The fourth-order valence-corrected chi connectivity index (χ4v) is 4.29. The second kappa shape index (κ2) is 12.1. The Labute approximate surface area is 206 Å². The number of nitrogens with zero attached hydrogens (tertiary/aromatic N) is 3. The van der Waals surface area contributed by atoms with Crippen LogP contribution in [-0.4, -0.2) is 60.1 Å². The summed E-state index contributed by atoms with van der Waals surface area (Å²) in [5.74, 6) is 0.546. The lowest BCUT2D eigenvalue weighted by molar-refractivity contribution is -0.274. The second-order valence-corrected chi connectivity index (χ2v) is 8.53. The number of amidine groups is 1. The summed E-state index contributed by atoms with van der Waals surface area (Å²) < 4.78 is 41.4. The first-order chi connectivity index (χ1) is 16.5. The molecule has 2 unspecified atom stereocenters. The third kappa shape index (κ3) is 7.23. The van der Waals surface area contributed by atoms with E-state index in [0.29, 0.717) is 25.1 Å². The first kappa shape index (κ1) is 28.2. The Bertz CT molecular complexity index is 980. The molecule has 2 fully saturated rings. The Hall–Kier alpha value is -3.03. The number of allylic oxidation sites excluding steroid dienone is 1. The van der Waals surface area contributed by atoms with E-state index >= 15 is 0 Å². The van der Waals surface area contributed by atoms with Gasteiger partial charge in [-0.3, -0.25) is 9.79 Å². The molecule has 2 atom stereocenters. The molecule has 1 amide bonds. The number of likely N-dealkylation sites (N-methyl/N-ethyl adjacent to an activating group) is 1. The van der Waals surface area contributed by atoms with Crippen molar-refractivity contribution in [3.8, 4) is 5.75 Å². The zero-order chi connectivity index (χ0) is 26.3. The zero-order valence-corrected chi connectivity index (χ0v) is 21.3. The van der Waals surface area contributed by atoms with E-state index in [2.05, 4.69) is 22.8 Å². The number of ether oxygens (including phenoxy) is 1. The van der Waals surface area contributed by atoms with Crippen molar-refractivity contribution in [2.45, 2.75) is 65.4 Å². The molecule has 2 aliphatic rings. The lowest BCUT2D eigenvalue weighted by Crippen LogP contribution is -2.42. The lowest BCUT2D eigenvalue weighted by Gasteiger charge is -2.37. The number of piperidine rings is 1. The fraction of sp³-hybridized carbons (Fsp3) is 0.481. The summed E-state index contributed by atoms with van der Waals surface area (Å²) >= 11 is 0. The average molecular weight is 492 g/mol. The van der Waals surface area contributed by atoms with Crippen molar-refractivity contribution >= 4 is 17.3 Å². The van der Waals surface area contributed by atoms with Gasteiger partial charge in [-0.2, -0.15) is 0 Å². The molecule has 1 aromatic carbocycles. The highest BCUT2D eigenvalue weighted by Crippen LogP contribution is 2.32. The molecule has 3 rings (SSSR count). The van der Waals surface area contributed by atoms with Gasteiger partial charge in [0.15, 0.2) is 0 Å². The number of carbonyl (C=O) groups excluding carboxylic acids is 1. The predicted octanol–water partition coefficient (Wildman–Crippen LogP) is 6.24. The van der Waals surface area contributed by atoms with Crippen LogP contribution in [0.2, 0.25) is 0 Å². The van der Waals surface area contributed by atoms with Crippen molar-refractivity contribution in [1.29, 1.82) is 0 Å². The van der Waals surface area contributed by atoms with E-state index in [1.165, 1.54) is 12.1 Å². The van der Waals surface area contributed by atoms with Gasteiger partial charge >= 0.3 is 6.36 Å². The molecule has 0 N–H and O–H groups in total. The highest BCUT2D eigenvalue weighted by molar-refractivity contribution is 6.05. The maximum absolute atomic E-state index is 12.5. The molecule has 0 spiro atoms. The molecule has 2 heterocycles. The number of aliphatic imine (C=N–C) groups is 1. The van der Waals surface area contributed by atoms with Gasteiger partial charge in [0.1, 0.15) is 11.6 Å². The number of carbonyl (C=O) groups is 1. The number of amides is 1. The maximum Gasteiger partial charge on any atom is 0.573 e. The molecular formula is C27H36F3N3O2. The minimum Gasteiger partial charge on any atom is -0.406 e. The Morgan fingerprint density at radius 1 is 1.26 bits per heavy atom. The predicted molar refractivity (Wildman–Crippen MR) is 135 cm³/mol. The van der Waals surface area contributed by atoms with E-state index in [1.807, 2.05) is 40.8 Å². The Morgan fingerprint density at radius 2 is 1.89 bits per heavy atom. The van der Waals surface area contributed by atoms with Gasteiger partial charge in [-0.15, -0.1) is 19.8 Å². The van der Waals surface area contributed by atoms with Gasteiger partial charge in [0.2, 0.25) is 5.91 Å². The fourth-order valence-electron chi connectivity index (χ4n) is 4.29. The van der Waals surface area contributed by atoms with Crippen molar-refractivity contribution < 1.29 is 22.7 Å². The van der Waals surface area contributed by atoms with Crippen LogP contribution < -0.4 is 4.74 Å². The molecule has 2 saturated heterocycles. The Kier molecular flexibility index (Phi) is 9.74. The highest BCUT2D eigenvalue weighted by atomic mass is 19.4. The maximum atomic E-state index is 12.5. The van der Waals surface area contributed by atoms with Crippen LogP contribution in [-0.2, 0) is 4.79 Å². The minimum absolute atomic E-state index is 0.0175. The topological polar surface area (TPSA) is 45.1 Å². The quantitative estimate of drug-likeness (QED) is 0.350. The number of hydrogen-bond acceptors (Lipinski definition) is 3.